The average Bonchev–Trinajstić information content (AvgIpc) is 2.32. The van der Waals surface area contributed by atoms with Crippen molar-refractivity contribution < 1.29 is 4.79 Å². The summed E-state index contributed by atoms with van der Waals surface area (Å²) in [5.74, 6) is 0.633. The van der Waals surface area contributed by atoms with Crippen LogP contribution in [0.15, 0.2) is 15.1 Å². The number of nitrogens with one attached hydrogen (secondary N) is 1. The summed E-state index contributed by atoms with van der Waals surface area (Å²) in [4.78, 5) is 15.8. The van der Waals surface area contributed by atoms with Gasteiger partial charge >= 0.3 is 0 Å². The van der Waals surface area contributed by atoms with Gasteiger partial charge in [0.25, 0.3) is 0 Å². The minimum absolute atomic E-state index is 0.0150. The Hall–Kier alpha value is -0.420. The smallest absolute Gasteiger partial charge is 0.235 e. The van der Waals surface area contributed by atoms with Gasteiger partial charge in [-0.25, -0.2) is 4.98 Å². The second-order valence-electron chi connectivity index (χ2n) is 3.72. The van der Waals surface area contributed by atoms with Gasteiger partial charge < -0.3 is 5.32 Å². The van der Waals surface area contributed by atoms with Gasteiger partial charge in [-0.05, 0) is 45.7 Å². The van der Waals surface area contributed by atoms with Crippen molar-refractivity contribution in [1.82, 2.24) is 4.98 Å². The maximum absolute atomic E-state index is 11.6. The lowest BCUT2D eigenvalue weighted by Gasteiger charge is -2.16. The Kier molecular flexibility index (Phi) is 2.19. The summed E-state index contributed by atoms with van der Waals surface area (Å²) in [7, 11) is 0. The fourth-order valence-corrected chi connectivity index (χ4v) is 2.59. The van der Waals surface area contributed by atoms with Gasteiger partial charge in [-0.15, -0.1) is 0 Å². The monoisotopic (exact) mass is 318 g/mol. The maximum atomic E-state index is 11.6. The van der Waals surface area contributed by atoms with Crippen LogP contribution in [-0.4, -0.2) is 10.9 Å². The molecule has 0 saturated heterocycles. The molecule has 1 aromatic rings. The number of hydrogen-bond donors (Lipinski definition) is 1. The van der Waals surface area contributed by atoms with E-state index in [-0.39, 0.29) is 5.91 Å². The number of hydrogen-bond acceptors (Lipinski definition) is 2. The molecule has 3 nitrogen and oxygen atoms in total. The Labute approximate surface area is 98.6 Å². The van der Waals surface area contributed by atoms with Crippen molar-refractivity contribution in [1.29, 1.82) is 0 Å². The van der Waals surface area contributed by atoms with Crippen molar-refractivity contribution in [3.8, 4) is 0 Å². The Balaban J connectivity index is 2.74. The molecule has 0 saturated carbocycles. The first-order valence-electron chi connectivity index (χ1n) is 4.10. The quantitative estimate of drug-likeness (QED) is 0.799. The molecule has 14 heavy (non-hydrogen) atoms. The van der Waals surface area contributed by atoms with E-state index in [1.165, 1.54) is 0 Å². The molecule has 1 aliphatic rings. The predicted molar refractivity (Wildman–Crippen MR) is 61.3 cm³/mol. The van der Waals surface area contributed by atoms with E-state index in [1.54, 1.807) is 6.20 Å². The highest BCUT2D eigenvalue weighted by Gasteiger charge is 2.41. The molecule has 0 aliphatic carbocycles. The molecule has 2 heterocycles. The topological polar surface area (TPSA) is 42.0 Å². The molecule has 0 aromatic carbocycles. The maximum Gasteiger partial charge on any atom is 0.235 e. The van der Waals surface area contributed by atoms with Crippen LogP contribution in [0.1, 0.15) is 19.4 Å². The molecule has 0 radical (unpaired) electrons. The minimum atomic E-state index is -0.523. The number of halogens is 2. The standard InChI is InChI=1S/C9H8Br2N2O/c1-9(2)5-6(11)4(10)3-12-7(5)13-8(9)14/h3H,1-2H3,(H,12,13,14). The summed E-state index contributed by atoms with van der Waals surface area (Å²) in [6, 6.07) is 0. The number of aromatic nitrogens is 1. The molecule has 0 bridgehead atoms. The molecule has 1 aliphatic heterocycles. The Morgan fingerprint density at radius 2 is 2.07 bits per heavy atom. The zero-order valence-electron chi connectivity index (χ0n) is 7.69. The Morgan fingerprint density at radius 1 is 1.43 bits per heavy atom. The van der Waals surface area contributed by atoms with Crippen molar-refractivity contribution in [2.45, 2.75) is 19.3 Å². The molecule has 1 aromatic heterocycles. The van der Waals surface area contributed by atoms with E-state index in [4.69, 9.17) is 0 Å². The van der Waals surface area contributed by atoms with E-state index in [9.17, 15) is 4.79 Å². The summed E-state index contributed by atoms with van der Waals surface area (Å²) >= 11 is 6.83. The van der Waals surface area contributed by atoms with Crippen molar-refractivity contribution in [3.05, 3.63) is 20.7 Å². The van der Waals surface area contributed by atoms with Crippen molar-refractivity contribution >= 4 is 43.6 Å². The van der Waals surface area contributed by atoms with Gasteiger partial charge in [0.15, 0.2) is 0 Å². The van der Waals surface area contributed by atoms with Crippen LogP contribution >= 0.6 is 31.9 Å². The van der Waals surface area contributed by atoms with Crippen LogP contribution in [0.2, 0.25) is 0 Å². The van der Waals surface area contributed by atoms with E-state index in [2.05, 4.69) is 42.2 Å². The van der Waals surface area contributed by atoms with E-state index in [0.29, 0.717) is 5.82 Å². The molecule has 0 fully saturated rings. The highest BCUT2D eigenvalue weighted by molar-refractivity contribution is 9.13. The van der Waals surface area contributed by atoms with Crippen LogP contribution in [0.25, 0.3) is 0 Å². The predicted octanol–water partition coefficient (Wildman–Crippen LogP) is 2.84. The second kappa shape index (κ2) is 3.03. The van der Waals surface area contributed by atoms with Gasteiger partial charge in [-0.1, -0.05) is 0 Å². The van der Waals surface area contributed by atoms with Crippen LogP contribution in [0.5, 0.6) is 0 Å². The lowest BCUT2D eigenvalue weighted by atomic mass is 9.87. The van der Waals surface area contributed by atoms with Gasteiger partial charge in [0, 0.05) is 16.2 Å². The highest BCUT2D eigenvalue weighted by atomic mass is 79.9. The third kappa shape index (κ3) is 1.22. The zero-order chi connectivity index (χ0) is 10.5. The number of carbonyl (C=O) groups excluding carboxylic acids is 1. The second-order valence-corrected chi connectivity index (χ2v) is 5.37. The summed E-state index contributed by atoms with van der Waals surface area (Å²) in [6.07, 6.45) is 1.67. The van der Waals surface area contributed by atoms with E-state index >= 15 is 0 Å². The molecule has 1 amide bonds. The first-order valence-corrected chi connectivity index (χ1v) is 5.69. The molecular formula is C9H8Br2N2O. The number of nitrogens with zero attached hydrogens (tertiary/aromatic N) is 1. The van der Waals surface area contributed by atoms with Crippen LogP contribution in [0, 0.1) is 0 Å². The molecular weight excluding hydrogens is 312 g/mol. The number of anilines is 1. The van der Waals surface area contributed by atoms with Gasteiger partial charge in [0.1, 0.15) is 5.82 Å². The third-order valence-corrected chi connectivity index (χ3v) is 4.35. The minimum Gasteiger partial charge on any atom is -0.310 e. The fraction of sp³-hybridized carbons (Fsp3) is 0.333. The lowest BCUT2D eigenvalue weighted by molar-refractivity contribution is -0.119. The van der Waals surface area contributed by atoms with Crippen molar-refractivity contribution in [2.24, 2.45) is 0 Å². The summed E-state index contributed by atoms with van der Waals surface area (Å²) in [6.45, 7) is 3.76. The molecule has 0 atom stereocenters. The van der Waals surface area contributed by atoms with Crippen LogP contribution in [0.4, 0.5) is 5.82 Å². The molecule has 0 spiro atoms. The number of pyridine rings is 1. The summed E-state index contributed by atoms with van der Waals surface area (Å²) in [5.41, 5.74) is 0.391. The lowest BCUT2D eigenvalue weighted by Crippen LogP contribution is -2.27. The van der Waals surface area contributed by atoms with Crippen molar-refractivity contribution in [2.75, 3.05) is 5.32 Å². The number of amides is 1. The molecule has 5 heteroatoms. The van der Waals surface area contributed by atoms with Gasteiger partial charge in [-0.3, -0.25) is 4.79 Å². The largest absolute Gasteiger partial charge is 0.310 e. The SMILES string of the molecule is CC1(C)C(=O)Nc2ncc(Br)c(Br)c21. The first-order chi connectivity index (χ1) is 6.44. The average molecular weight is 320 g/mol. The normalized spacial score (nSPS) is 17.9. The van der Waals surface area contributed by atoms with Gasteiger partial charge in [0.05, 0.1) is 9.89 Å². The first kappa shape index (κ1) is 10.1. The van der Waals surface area contributed by atoms with E-state index in [0.717, 1.165) is 14.5 Å². The van der Waals surface area contributed by atoms with E-state index in [1.807, 2.05) is 13.8 Å². The Morgan fingerprint density at radius 3 is 2.71 bits per heavy atom. The molecule has 1 N–H and O–H groups in total. The van der Waals surface area contributed by atoms with Crippen LogP contribution in [-0.2, 0) is 10.2 Å². The summed E-state index contributed by atoms with van der Waals surface area (Å²) < 4.78 is 1.76. The Bertz CT molecular complexity index is 429. The van der Waals surface area contributed by atoms with Crippen LogP contribution in [0.3, 0.4) is 0 Å². The third-order valence-electron chi connectivity index (χ3n) is 2.40. The molecule has 2 rings (SSSR count). The molecule has 74 valence electrons. The fourth-order valence-electron chi connectivity index (χ4n) is 1.51. The highest BCUT2D eigenvalue weighted by Crippen LogP contribution is 2.43. The van der Waals surface area contributed by atoms with Crippen LogP contribution < -0.4 is 5.32 Å². The molecule has 0 unspecified atom stereocenters. The summed E-state index contributed by atoms with van der Waals surface area (Å²) in [5, 5.41) is 2.75. The number of rotatable bonds is 0. The van der Waals surface area contributed by atoms with Crippen molar-refractivity contribution in [3.63, 3.8) is 0 Å². The van der Waals surface area contributed by atoms with E-state index < -0.39 is 5.41 Å². The zero-order valence-corrected chi connectivity index (χ0v) is 10.9. The number of carbonyl (C=O) groups is 1. The van der Waals surface area contributed by atoms with Gasteiger partial charge in [-0.2, -0.15) is 0 Å². The number of fused-ring (bicyclic) bond motifs is 1. The van der Waals surface area contributed by atoms with Gasteiger partial charge in [0.2, 0.25) is 5.91 Å².